The minimum absolute atomic E-state index is 0.555. The predicted molar refractivity (Wildman–Crippen MR) is 72.7 cm³/mol. The van der Waals surface area contributed by atoms with Gasteiger partial charge in [-0.05, 0) is 49.4 Å². The second-order valence-corrected chi connectivity index (χ2v) is 5.13. The summed E-state index contributed by atoms with van der Waals surface area (Å²) in [6.45, 7) is 3.59. The minimum atomic E-state index is -0.597. The molecule has 2 rings (SSSR count). The molecule has 1 atom stereocenters. The summed E-state index contributed by atoms with van der Waals surface area (Å²) in [5.74, 6) is 0. The van der Waals surface area contributed by atoms with Crippen LogP contribution < -0.4 is 0 Å². The van der Waals surface area contributed by atoms with Crippen LogP contribution in [0.2, 0.25) is 0 Å². The fourth-order valence-electron chi connectivity index (χ4n) is 1.61. The molecule has 1 aromatic carbocycles. The summed E-state index contributed by atoms with van der Waals surface area (Å²) >= 11 is 1.35. The Bertz CT molecular complexity index is 635. The Labute approximate surface area is 116 Å². The number of benzene rings is 1. The molecule has 96 valence electrons. The number of aryl methyl sites for hydroxylation is 1. The second-order valence-electron chi connectivity index (χ2n) is 4.12. The van der Waals surface area contributed by atoms with E-state index in [1.54, 1.807) is 31.3 Å². The first kappa shape index (κ1) is 13.5. The van der Waals surface area contributed by atoms with E-state index in [9.17, 15) is 5.11 Å². The van der Waals surface area contributed by atoms with E-state index in [-0.39, 0.29) is 0 Å². The lowest BCUT2D eigenvalue weighted by atomic mass is 10.1. The van der Waals surface area contributed by atoms with Crippen molar-refractivity contribution in [1.82, 2.24) is 9.97 Å². The Kier molecular flexibility index (Phi) is 4.15. The summed E-state index contributed by atoms with van der Waals surface area (Å²) in [6.07, 6.45) is 1.10. The van der Waals surface area contributed by atoms with Gasteiger partial charge >= 0.3 is 0 Å². The van der Waals surface area contributed by atoms with Crippen molar-refractivity contribution in [2.45, 2.75) is 30.0 Å². The van der Waals surface area contributed by atoms with Crippen molar-refractivity contribution >= 4 is 11.8 Å². The maximum atomic E-state index is 9.76. The lowest BCUT2D eigenvalue weighted by Crippen LogP contribution is -1.96. The largest absolute Gasteiger partial charge is 0.389 e. The van der Waals surface area contributed by atoms with Crippen molar-refractivity contribution in [3.05, 3.63) is 47.3 Å². The Balaban J connectivity index is 2.40. The van der Waals surface area contributed by atoms with Crippen LogP contribution in [0.4, 0.5) is 0 Å². The number of aliphatic hydroxyl groups is 1. The van der Waals surface area contributed by atoms with Crippen LogP contribution in [0.1, 0.15) is 29.8 Å². The molecule has 0 fully saturated rings. The van der Waals surface area contributed by atoms with E-state index in [4.69, 9.17) is 5.26 Å². The number of nitrogens with zero attached hydrogens (tertiary/aromatic N) is 3. The minimum Gasteiger partial charge on any atom is -0.389 e. The maximum absolute atomic E-state index is 9.76. The second kappa shape index (κ2) is 5.83. The van der Waals surface area contributed by atoms with Crippen molar-refractivity contribution in [2.24, 2.45) is 0 Å². The van der Waals surface area contributed by atoms with E-state index < -0.39 is 6.10 Å². The van der Waals surface area contributed by atoms with Crippen LogP contribution in [0.15, 0.2) is 40.5 Å². The number of aliphatic hydroxyl groups excluding tert-OH is 1. The van der Waals surface area contributed by atoms with Gasteiger partial charge in [0.05, 0.1) is 17.7 Å². The van der Waals surface area contributed by atoms with Crippen LogP contribution in [0.5, 0.6) is 0 Å². The molecule has 0 spiro atoms. The van der Waals surface area contributed by atoms with Gasteiger partial charge in [0, 0.05) is 16.8 Å². The van der Waals surface area contributed by atoms with E-state index >= 15 is 0 Å². The van der Waals surface area contributed by atoms with Crippen LogP contribution in [-0.4, -0.2) is 15.1 Å². The molecule has 2 aromatic rings. The fraction of sp³-hybridized carbons (Fsp3) is 0.214. The monoisotopic (exact) mass is 271 g/mol. The van der Waals surface area contributed by atoms with Gasteiger partial charge in [-0.15, -0.1) is 0 Å². The van der Waals surface area contributed by atoms with Crippen molar-refractivity contribution < 1.29 is 5.11 Å². The quantitative estimate of drug-likeness (QED) is 0.869. The molecule has 1 N–H and O–H groups in total. The van der Waals surface area contributed by atoms with Gasteiger partial charge in [0.2, 0.25) is 0 Å². The summed E-state index contributed by atoms with van der Waals surface area (Å²) in [7, 11) is 0. The maximum Gasteiger partial charge on any atom is 0.192 e. The van der Waals surface area contributed by atoms with Crippen LogP contribution in [0, 0.1) is 18.3 Å². The zero-order chi connectivity index (χ0) is 13.8. The summed E-state index contributed by atoms with van der Waals surface area (Å²) in [4.78, 5) is 9.30. The van der Waals surface area contributed by atoms with Gasteiger partial charge in [-0.3, -0.25) is 0 Å². The van der Waals surface area contributed by atoms with Gasteiger partial charge in [0.15, 0.2) is 5.16 Å². The molecular weight excluding hydrogens is 258 g/mol. The predicted octanol–water partition coefficient (Wildman–Crippen LogP) is 2.86. The zero-order valence-electron chi connectivity index (χ0n) is 10.7. The summed E-state index contributed by atoms with van der Waals surface area (Å²) in [5, 5.41) is 19.3. The smallest absolute Gasteiger partial charge is 0.192 e. The van der Waals surface area contributed by atoms with Crippen LogP contribution in [0.3, 0.4) is 0 Å². The molecule has 0 unspecified atom stereocenters. The highest BCUT2D eigenvalue weighted by Crippen LogP contribution is 2.32. The fourth-order valence-corrected chi connectivity index (χ4v) is 2.65. The van der Waals surface area contributed by atoms with E-state index in [2.05, 4.69) is 16.0 Å². The molecule has 5 heteroatoms. The van der Waals surface area contributed by atoms with Gasteiger partial charge in [0.1, 0.15) is 0 Å². The first-order valence-corrected chi connectivity index (χ1v) is 6.61. The first-order chi connectivity index (χ1) is 9.10. The summed E-state index contributed by atoms with van der Waals surface area (Å²) in [6, 6.07) is 9.13. The van der Waals surface area contributed by atoms with Gasteiger partial charge in [0.25, 0.3) is 0 Å². The number of rotatable bonds is 3. The van der Waals surface area contributed by atoms with Gasteiger partial charge < -0.3 is 5.11 Å². The molecule has 0 radical (unpaired) electrons. The Morgan fingerprint density at radius 2 is 2.16 bits per heavy atom. The highest BCUT2D eigenvalue weighted by molar-refractivity contribution is 7.99. The SMILES string of the molecule is Cc1ccnc(Sc2cc(C#N)ccc2[C@H](C)O)n1. The molecule has 0 aliphatic heterocycles. The number of nitriles is 1. The molecule has 19 heavy (non-hydrogen) atoms. The van der Waals surface area contributed by atoms with E-state index in [0.29, 0.717) is 10.7 Å². The average molecular weight is 271 g/mol. The normalized spacial score (nSPS) is 11.9. The third kappa shape index (κ3) is 3.31. The van der Waals surface area contributed by atoms with Gasteiger partial charge in [-0.25, -0.2) is 9.97 Å². The lowest BCUT2D eigenvalue weighted by Gasteiger charge is -2.11. The standard InChI is InChI=1S/C14H13N3OS/c1-9-5-6-16-14(17-9)19-13-7-11(8-15)3-4-12(13)10(2)18/h3-7,10,18H,1-2H3/t10-/m0/s1. The molecule has 0 saturated carbocycles. The third-order valence-corrected chi connectivity index (χ3v) is 3.52. The Hall–Kier alpha value is -1.90. The number of hydrogen-bond donors (Lipinski definition) is 1. The molecule has 0 aliphatic carbocycles. The molecular formula is C14H13N3OS. The van der Waals surface area contributed by atoms with E-state index in [1.807, 2.05) is 13.0 Å². The molecule has 0 bridgehead atoms. The summed E-state index contributed by atoms with van der Waals surface area (Å²) in [5.41, 5.74) is 2.21. The first-order valence-electron chi connectivity index (χ1n) is 5.80. The van der Waals surface area contributed by atoms with Gasteiger partial charge in [-0.2, -0.15) is 5.26 Å². The van der Waals surface area contributed by atoms with Crippen LogP contribution >= 0.6 is 11.8 Å². The van der Waals surface area contributed by atoms with Crippen LogP contribution in [-0.2, 0) is 0 Å². The van der Waals surface area contributed by atoms with Crippen LogP contribution in [0.25, 0.3) is 0 Å². The lowest BCUT2D eigenvalue weighted by molar-refractivity contribution is 0.196. The van der Waals surface area contributed by atoms with E-state index in [0.717, 1.165) is 16.2 Å². The molecule has 1 aromatic heterocycles. The van der Waals surface area contributed by atoms with Crippen molar-refractivity contribution in [2.75, 3.05) is 0 Å². The highest BCUT2D eigenvalue weighted by Gasteiger charge is 2.11. The molecule has 0 amide bonds. The zero-order valence-corrected chi connectivity index (χ0v) is 11.5. The molecule has 1 heterocycles. The van der Waals surface area contributed by atoms with E-state index in [1.165, 1.54) is 11.8 Å². The molecule has 0 aliphatic rings. The van der Waals surface area contributed by atoms with Crippen molar-refractivity contribution in [3.63, 3.8) is 0 Å². The topological polar surface area (TPSA) is 69.8 Å². The summed E-state index contributed by atoms with van der Waals surface area (Å²) < 4.78 is 0. The molecule has 0 saturated heterocycles. The van der Waals surface area contributed by atoms with Crippen molar-refractivity contribution in [1.29, 1.82) is 5.26 Å². The number of aromatic nitrogens is 2. The van der Waals surface area contributed by atoms with Crippen molar-refractivity contribution in [3.8, 4) is 6.07 Å². The Morgan fingerprint density at radius 1 is 1.37 bits per heavy atom. The molecule has 4 nitrogen and oxygen atoms in total. The highest BCUT2D eigenvalue weighted by atomic mass is 32.2. The number of hydrogen-bond acceptors (Lipinski definition) is 5. The van der Waals surface area contributed by atoms with Gasteiger partial charge in [-0.1, -0.05) is 6.07 Å². The third-order valence-electron chi connectivity index (χ3n) is 2.57. The Morgan fingerprint density at radius 3 is 2.79 bits per heavy atom. The average Bonchev–Trinajstić information content (AvgIpc) is 2.38.